The largest absolute Gasteiger partial charge is 0.395 e. The van der Waals surface area contributed by atoms with Crippen molar-refractivity contribution in [1.29, 1.82) is 0 Å². The zero-order valence-corrected chi connectivity index (χ0v) is 19.3. The van der Waals surface area contributed by atoms with Gasteiger partial charge in [0, 0.05) is 13.2 Å². The van der Waals surface area contributed by atoms with Crippen LogP contribution >= 0.6 is 0 Å². The Morgan fingerprint density at radius 1 is 1.18 bits per heavy atom. The third-order valence-electron chi connectivity index (χ3n) is 4.93. The Labute approximate surface area is 171 Å². The highest BCUT2D eigenvalue weighted by atomic mass is 28.4. The average Bonchev–Trinajstić information content (AvgIpc) is 2.59. The Hall–Kier alpha value is -1.63. The van der Waals surface area contributed by atoms with E-state index in [2.05, 4.69) is 57.5 Å². The minimum atomic E-state index is -2.16. The predicted molar refractivity (Wildman–Crippen MR) is 116 cm³/mol. The van der Waals surface area contributed by atoms with E-state index < -0.39 is 20.2 Å². The quantitative estimate of drug-likeness (QED) is 0.369. The zero-order valence-electron chi connectivity index (χ0n) is 18.3. The second kappa shape index (κ2) is 10.8. The van der Waals surface area contributed by atoms with Crippen LogP contribution in [0.2, 0.25) is 18.1 Å². The molecule has 0 saturated carbocycles. The van der Waals surface area contributed by atoms with Gasteiger partial charge in [0.2, 0.25) is 6.29 Å². The van der Waals surface area contributed by atoms with Crippen LogP contribution in [0.15, 0.2) is 24.3 Å². The molecular formula is C23H34O4Si. The maximum Gasteiger partial charge on any atom is 0.222 e. The smallest absolute Gasteiger partial charge is 0.222 e. The first-order chi connectivity index (χ1) is 13.1. The van der Waals surface area contributed by atoms with Crippen LogP contribution in [0, 0.1) is 23.7 Å². The molecule has 4 nitrogen and oxygen atoms in total. The molecule has 0 aliphatic heterocycles. The molecule has 28 heavy (non-hydrogen) atoms. The van der Waals surface area contributed by atoms with Crippen LogP contribution in [0.25, 0.3) is 0 Å². The molecule has 0 spiro atoms. The molecule has 154 valence electrons. The molecule has 1 atom stereocenters. The Bertz CT molecular complexity index is 701. The second-order valence-corrected chi connectivity index (χ2v) is 12.9. The fraction of sp³-hybridized carbons (Fsp3) is 0.609. The van der Waals surface area contributed by atoms with Gasteiger partial charge in [-0.25, -0.2) is 0 Å². The van der Waals surface area contributed by atoms with Gasteiger partial charge < -0.3 is 13.9 Å². The van der Waals surface area contributed by atoms with Crippen LogP contribution in [0.4, 0.5) is 0 Å². The zero-order chi connectivity index (χ0) is 21.3. The summed E-state index contributed by atoms with van der Waals surface area (Å²) in [5.74, 6) is 11.8. The highest BCUT2D eigenvalue weighted by molar-refractivity contribution is 6.74. The lowest BCUT2D eigenvalue weighted by atomic mass is 9.89. The Kier molecular flexibility index (Phi) is 9.40. The maximum absolute atomic E-state index is 12.7. The molecule has 0 radical (unpaired) electrons. The third-order valence-corrected chi connectivity index (χ3v) is 9.40. The highest BCUT2D eigenvalue weighted by Gasteiger charge is 2.47. The Morgan fingerprint density at radius 3 is 2.32 bits per heavy atom. The molecule has 1 aliphatic rings. The van der Waals surface area contributed by atoms with E-state index in [4.69, 9.17) is 13.9 Å². The van der Waals surface area contributed by atoms with Gasteiger partial charge in [0.25, 0.3) is 0 Å². The molecule has 1 unspecified atom stereocenters. The van der Waals surface area contributed by atoms with Gasteiger partial charge >= 0.3 is 0 Å². The lowest BCUT2D eigenvalue weighted by molar-refractivity contribution is -0.126. The van der Waals surface area contributed by atoms with Gasteiger partial charge in [-0.1, -0.05) is 44.6 Å². The summed E-state index contributed by atoms with van der Waals surface area (Å²) in [7, 11) is -2.16. The fourth-order valence-electron chi connectivity index (χ4n) is 2.37. The molecule has 0 saturated heterocycles. The van der Waals surface area contributed by atoms with Crippen molar-refractivity contribution in [2.45, 2.75) is 77.5 Å². The summed E-state index contributed by atoms with van der Waals surface area (Å²) in [6.07, 6.45) is 7.60. The van der Waals surface area contributed by atoms with Crippen LogP contribution in [0.3, 0.4) is 0 Å². The number of ketones is 1. The molecule has 0 N–H and O–H groups in total. The van der Waals surface area contributed by atoms with Crippen molar-refractivity contribution in [3.63, 3.8) is 0 Å². The van der Waals surface area contributed by atoms with Gasteiger partial charge in [-0.05, 0) is 69.0 Å². The highest BCUT2D eigenvalue weighted by Crippen LogP contribution is 2.41. The lowest BCUT2D eigenvalue weighted by Crippen LogP contribution is -2.53. The average molecular weight is 403 g/mol. The molecule has 0 amide bonds. The second-order valence-electron chi connectivity index (χ2n) is 8.13. The Morgan fingerprint density at radius 2 is 1.79 bits per heavy atom. The molecule has 0 heterocycles. The normalized spacial score (nSPS) is 20.1. The minimum absolute atomic E-state index is 0.00198. The van der Waals surface area contributed by atoms with Gasteiger partial charge in [-0.3, -0.25) is 4.79 Å². The van der Waals surface area contributed by atoms with Crippen molar-refractivity contribution < 1.29 is 18.7 Å². The number of carbonyl (C=O) groups is 1. The van der Waals surface area contributed by atoms with Crippen molar-refractivity contribution in [1.82, 2.24) is 0 Å². The lowest BCUT2D eigenvalue weighted by Gasteiger charge is -2.43. The van der Waals surface area contributed by atoms with Gasteiger partial charge in [-0.2, -0.15) is 0 Å². The molecule has 1 rings (SSSR count). The van der Waals surface area contributed by atoms with Gasteiger partial charge in [0.15, 0.2) is 19.7 Å². The van der Waals surface area contributed by atoms with E-state index >= 15 is 0 Å². The minimum Gasteiger partial charge on any atom is -0.395 e. The summed E-state index contributed by atoms with van der Waals surface area (Å²) in [5, 5.41) is -0.00198. The molecule has 5 heteroatoms. The number of carbonyl (C=O) groups excluding carboxylic acids is 1. The third kappa shape index (κ3) is 7.07. The summed E-state index contributed by atoms with van der Waals surface area (Å²) >= 11 is 0. The maximum atomic E-state index is 12.7. The number of allylic oxidation sites excluding steroid dienone is 3. The van der Waals surface area contributed by atoms with Crippen molar-refractivity contribution in [3.05, 3.63) is 24.3 Å². The van der Waals surface area contributed by atoms with E-state index in [-0.39, 0.29) is 10.8 Å². The number of hydrogen-bond acceptors (Lipinski definition) is 4. The number of rotatable bonds is 6. The van der Waals surface area contributed by atoms with Gasteiger partial charge in [0.05, 0.1) is 0 Å². The van der Waals surface area contributed by atoms with E-state index in [0.717, 1.165) is 6.42 Å². The Balaban J connectivity index is 3.00. The van der Waals surface area contributed by atoms with E-state index in [1.807, 2.05) is 19.9 Å². The summed E-state index contributed by atoms with van der Waals surface area (Å²) in [4.78, 5) is 12.7. The first kappa shape index (κ1) is 24.4. The molecule has 0 bridgehead atoms. The van der Waals surface area contributed by atoms with Crippen LogP contribution in [-0.2, 0) is 18.7 Å². The van der Waals surface area contributed by atoms with Crippen molar-refractivity contribution >= 4 is 14.1 Å². The van der Waals surface area contributed by atoms with Crippen LogP contribution in [-0.4, -0.2) is 39.2 Å². The van der Waals surface area contributed by atoms with Crippen molar-refractivity contribution in [3.8, 4) is 23.7 Å². The van der Waals surface area contributed by atoms with Crippen LogP contribution < -0.4 is 0 Å². The van der Waals surface area contributed by atoms with E-state index in [9.17, 15) is 4.79 Å². The summed E-state index contributed by atoms with van der Waals surface area (Å²) < 4.78 is 17.2. The number of hydrogen-bond donors (Lipinski definition) is 0. The number of ether oxygens (including phenoxy) is 2. The van der Waals surface area contributed by atoms with Gasteiger partial charge in [-0.15, -0.1) is 0 Å². The molecule has 0 aromatic heterocycles. The molecule has 1 aliphatic carbocycles. The monoisotopic (exact) mass is 402 g/mol. The molecule has 0 aromatic rings. The van der Waals surface area contributed by atoms with E-state index in [1.54, 1.807) is 18.2 Å². The first-order valence-corrected chi connectivity index (χ1v) is 12.8. The molecule has 0 aromatic carbocycles. The predicted octanol–water partition coefficient (Wildman–Crippen LogP) is 4.63. The van der Waals surface area contributed by atoms with Crippen molar-refractivity contribution in [2.24, 2.45) is 0 Å². The summed E-state index contributed by atoms with van der Waals surface area (Å²) in [6, 6.07) is 0. The fourth-order valence-corrected chi connectivity index (χ4v) is 3.80. The van der Waals surface area contributed by atoms with E-state index in [0.29, 0.717) is 19.6 Å². The SMILES string of the molecule is CCOC(C#CC=CC#CC1(O[Si](C)(C)C(C)(C)C)CCC=CC1=O)OCC. The van der Waals surface area contributed by atoms with E-state index in [1.165, 1.54) is 0 Å². The standard InChI is InChI=1S/C23H34O4Si/c1-8-25-21(26-9-2)17-12-10-11-14-18-23(19-15-13-16-20(23)24)27-28(6,7)22(3,4)5/h10-11,13,16,21H,8-9,15,19H2,1-7H3. The first-order valence-electron chi connectivity index (χ1n) is 9.91. The van der Waals surface area contributed by atoms with Crippen LogP contribution in [0.5, 0.6) is 0 Å². The van der Waals surface area contributed by atoms with Crippen molar-refractivity contribution in [2.75, 3.05) is 13.2 Å². The molecule has 0 fully saturated rings. The summed E-state index contributed by atoms with van der Waals surface area (Å²) in [6.45, 7) is 15.6. The van der Waals surface area contributed by atoms with Gasteiger partial charge in [0.1, 0.15) is 0 Å². The summed E-state index contributed by atoms with van der Waals surface area (Å²) in [5.41, 5.74) is -1.06. The van der Waals surface area contributed by atoms with Crippen LogP contribution in [0.1, 0.15) is 47.5 Å². The topological polar surface area (TPSA) is 44.8 Å². The molecular weight excluding hydrogens is 368 g/mol.